The van der Waals surface area contributed by atoms with E-state index in [1.54, 1.807) is 24.3 Å². The Kier molecular flexibility index (Phi) is 4.06. The van der Waals surface area contributed by atoms with Crippen molar-refractivity contribution in [1.29, 1.82) is 0 Å². The smallest absolute Gasteiger partial charge is 0.0541 e. The van der Waals surface area contributed by atoms with Crippen molar-refractivity contribution >= 4 is 34.0 Å². The van der Waals surface area contributed by atoms with Crippen LogP contribution in [0.4, 0.5) is 0 Å². The van der Waals surface area contributed by atoms with Crippen LogP contribution in [0.3, 0.4) is 0 Å². The molecule has 0 aliphatic heterocycles. The minimum atomic E-state index is -0.982. The molecule has 0 aliphatic carbocycles. The molecule has 0 saturated heterocycles. The lowest BCUT2D eigenvalue weighted by molar-refractivity contribution is 0.684. The van der Waals surface area contributed by atoms with Crippen molar-refractivity contribution < 1.29 is 4.21 Å². The molecule has 1 aromatic rings. The third kappa shape index (κ3) is 2.77. The molecule has 0 heterocycles. The molecular formula is C8H8Cl2OS. The molecule has 12 heavy (non-hydrogen) atoms. The minimum Gasteiger partial charge on any atom is -0.254 e. The molecule has 0 spiro atoms. The minimum absolute atomic E-state index is 0.412. The molecule has 1 nitrogen and oxygen atoms in total. The highest BCUT2D eigenvalue weighted by atomic mass is 35.5. The molecule has 0 saturated carbocycles. The van der Waals surface area contributed by atoms with Gasteiger partial charge in [0.15, 0.2) is 0 Å². The monoisotopic (exact) mass is 222 g/mol. The summed E-state index contributed by atoms with van der Waals surface area (Å²) in [6.45, 7) is 0. The van der Waals surface area contributed by atoms with Crippen molar-refractivity contribution in [3.8, 4) is 0 Å². The van der Waals surface area contributed by atoms with Gasteiger partial charge in [-0.05, 0) is 24.3 Å². The number of alkyl halides is 1. The summed E-state index contributed by atoms with van der Waals surface area (Å²) in [5.74, 6) is 0.901. The molecule has 4 heteroatoms. The first-order valence-corrected chi connectivity index (χ1v) is 5.67. The summed E-state index contributed by atoms with van der Waals surface area (Å²) in [5.41, 5.74) is 0. The fraction of sp³-hybridized carbons (Fsp3) is 0.250. The van der Waals surface area contributed by atoms with Crippen LogP contribution in [0.2, 0.25) is 5.02 Å². The second-order valence-corrected chi connectivity index (χ2v) is 4.58. The van der Waals surface area contributed by atoms with E-state index in [9.17, 15) is 4.21 Å². The Balaban J connectivity index is 2.75. The molecule has 0 aromatic heterocycles. The van der Waals surface area contributed by atoms with Crippen LogP contribution in [0.25, 0.3) is 0 Å². The van der Waals surface area contributed by atoms with Crippen LogP contribution in [0.5, 0.6) is 0 Å². The van der Waals surface area contributed by atoms with Crippen molar-refractivity contribution in [3.05, 3.63) is 29.3 Å². The first-order chi connectivity index (χ1) is 5.74. The van der Waals surface area contributed by atoms with Gasteiger partial charge in [-0.1, -0.05) is 11.6 Å². The van der Waals surface area contributed by atoms with Gasteiger partial charge in [-0.3, -0.25) is 4.21 Å². The van der Waals surface area contributed by atoms with Gasteiger partial charge in [-0.2, -0.15) is 0 Å². The van der Waals surface area contributed by atoms with E-state index in [4.69, 9.17) is 23.2 Å². The van der Waals surface area contributed by atoms with E-state index in [1.165, 1.54) is 0 Å². The molecule has 0 N–H and O–H groups in total. The quantitative estimate of drug-likeness (QED) is 0.720. The predicted molar refractivity (Wildman–Crippen MR) is 53.4 cm³/mol. The van der Waals surface area contributed by atoms with Crippen LogP contribution in [0.15, 0.2) is 29.2 Å². The summed E-state index contributed by atoms with van der Waals surface area (Å²) >= 11 is 11.1. The van der Waals surface area contributed by atoms with Crippen LogP contribution in [-0.4, -0.2) is 15.8 Å². The lowest BCUT2D eigenvalue weighted by atomic mass is 10.4. The molecule has 0 fully saturated rings. The van der Waals surface area contributed by atoms with Gasteiger partial charge >= 0.3 is 0 Å². The molecule has 66 valence electrons. The second-order valence-electron chi connectivity index (χ2n) is 2.19. The largest absolute Gasteiger partial charge is 0.254 e. The highest BCUT2D eigenvalue weighted by molar-refractivity contribution is 7.85. The van der Waals surface area contributed by atoms with Gasteiger partial charge in [-0.15, -0.1) is 11.6 Å². The summed E-state index contributed by atoms with van der Waals surface area (Å²) in [7, 11) is -0.982. The van der Waals surface area contributed by atoms with E-state index in [-0.39, 0.29) is 0 Å². The summed E-state index contributed by atoms with van der Waals surface area (Å²) in [6, 6.07) is 6.96. The zero-order valence-corrected chi connectivity index (χ0v) is 8.62. The van der Waals surface area contributed by atoms with Crippen LogP contribution in [-0.2, 0) is 10.8 Å². The third-order valence-electron chi connectivity index (χ3n) is 1.34. The Labute approximate surface area is 84.1 Å². The highest BCUT2D eigenvalue weighted by Crippen LogP contribution is 2.12. The Hall–Kier alpha value is -0.0500. The Morgan fingerprint density at radius 2 is 1.83 bits per heavy atom. The van der Waals surface area contributed by atoms with Crippen LogP contribution in [0.1, 0.15) is 0 Å². The number of halogens is 2. The Morgan fingerprint density at radius 1 is 1.25 bits per heavy atom. The van der Waals surface area contributed by atoms with E-state index in [0.717, 1.165) is 4.90 Å². The van der Waals surface area contributed by atoms with Gasteiger partial charge in [0.25, 0.3) is 0 Å². The number of hydrogen-bond acceptors (Lipinski definition) is 1. The van der Waals surface area contributed by atoms with Crippen molar-refractivity contribution in [3.63, 3.8) is 0 Å². The van der Waals surface area contributed by atoms with Crippen molar-refractivity contribution in [1.82, 2.24) is 0 Å². The summed E-state index contributed by atoms with van der Waals surface area (Å²) in [6.07, 6.45) is 0. The van der Waals surface area contributed by atoms with Crippen LogP contribution >= 0.6 is 23.2 Å². The number of benzene rings is 1. The van der Waals surface area contributed by atoms with Gasteiger partial charge < -0.3 is 0 Å². The standard InChI is InChI=1S/C8H8Cl2OS/c9-5-6-12(11)8-3-1-7(10)2-4-8/h1-4H,5-6H2/t12-/m1/s1. The fourth-order valence-corrected chi connectivity index (χ4v) is 2.14. The SMILES string of the molecule is O=[S@](CCCl)c1ccc(Cl)cc1. The average molecular weight is 223 g/mol. The van der Waals surface area contributed by atoms with E-state index in [2.05, 4.69) is 0 Å². The van der Waals surface area contributed by atoms with Crippen molar-refractivity contribution in [2.24, 2.45) is 0 Å². The number of rotatable bonds is 3. The van der Waals surface area contributed by atoms with Gasteiger partial charge in [0, 0.05) is 21.6 Å². The molecular weight excluding hydrogens is 215 g/mol. The van der Waals surface area contributed by atoms with Crippen molar-refractivity contribution in [2.75, 3.05) is 11.6 Å². The maximum atomic E-state index is 11.3. The summed E-state index contributed by atoms with van der Waals surface area (Å²) in [4.78, 5) is 0.778. The molecule has 1 aromatic carbocycles. The molecule has 0 aliphatic rings. The summed E-state index contributed by atoms with van der Waals surface area (Å²) in [5, 5.41) is 0.654. The van der Waals surface area contributed by atoms with E-state index < -0.39 is 10.8 Å². The van der Waals surface area contributed by atoms with E-state index >= 15 is 0 Å². The first-order valence-electron chi connectivity index (χ1n) is 3.44. The van der Waals surface area contributed by atoms with Crippen molar-refractivity contribution in [2.45, 2.75) is 4.90 Å². The zero-order chi connectivity index (χ0) is 8.97. The zero-order valence-electron chi connectivity index (χ0n) is 6.30. The summed E-state index contributed by atoms with van der Waals surface area (Å²) < 4.78 is 11.3. The highest BCUT2D eigenvalue weighted by Gasteiger charge is 2.01. The van der Waals surface area contributed by atoms with E-state index in [0.29, 0.717) is 16.7 Å². The number of hydrogen-bond donors (Lipinski definition) is 0. The van der Waals surface area contributed by atoms with Gasteiger partial charge in [0.1, 0.15) is 0 Å². The van der Waals surface area contributed by atoms with E-state index in [1.807, 2.05) is 0 Å². The fourth-order valence-electron chi connectivity index (χ4n) is 0.774. The van der Waals surface area contributed by atoms with Gasteiger partial charge in [0.05, 0.1) is 10.8 Å². The average Bonchev–Trinajstić information content (AvgIpc) is 2.06. The molecule has 0 amide bonds. The Bertz CT molecular complexity index is 271. The van der Waals surface area contributed by atoms with Crippen LogP contribution < -0.4 is 0 Å². The molecule has 1 atom stereocenters. The second kappa shape index (κ2) is 4.85. The topological polar surface area (TPSA) is 17.1 Å². The Morgan fingerprint density at radius 3 is 2.33 bits per heavy atom. The van der Waals surface area contributed by atoms with Gasteiger partial charge in [-0.25, -0.2) is 0 Å². The molecule has 0 unspecified atom stereocenters. The first kappa shape index (κ1) is 10.0. The molecule has 0 bridgehead atoms. The third-order valence-corrected chi connectivity index (χ3v) is 3.38. The van der Waals surface area contributed by atoms with Crippen LogP contribution in [0, 0.1) is 0 Å². The molecule has 1 rings (SSSR count). The van der Waals surface area contributed by atoms with Gasteiger partial charge in [0.2, 0.25) is 0 Å². The lowest BCUT2D eigenvalue weighted by Crippen LogP contribution is -1.98. The maximum absolute atomic E-state index is 11.3. The predicted octanol–water partition coefficient (Wildman–Crippen LogP) is 2.69. The normalized spacial score (nSPS) is 12.8. The maximum Gasteiger partial charge on any atom is 0.0541 e. The lowest BCUT2D eigenvalue weighted by Gasteiger charge is -1.98. The molecule has 0 radical (unpaired) electrons.